The number of pyridine rings is 1. The second kappa shape index (κ2) is 8.84. The van der Waals surface area contributed by atoms with Crippen LogP contribution in [0.25, 0.3) is 10.9 Å². The van der Waals surface area contributed by atoms with Crippen molar-refractivity contribution in [3.63, 3.8) is 0 Å². The number of carbonyl (C=O) groups is 1. The smallest absolute Gasteiger partial charge is 0.251 e. The number of rotatable bonds is 8. The van der Waals surface area contributed by atoms with Crippen molar-refractivity contribution < 1.29 is 4.79 Å². The van der Waals surface area contributed by atoms with E-state index in [1.54, 1.807) is 18.3 Å². The summed E-state index contributed by atoms with van der Waals surface area (Å²) < 4.78 is 0. The molecule has 0 saturated carbocycles. The van der Waals surface area contributed by atoms with Gasteiger partial charge in [-0.2, -0.15) is 0 Å². The summed E-state index contributed by atoms with van der Waals surface area (Å²) in [6.45, 7) is 3.28. The Balaban J connectivity index is 1.82. The molecule has 3 aromatic rings. The summed E-state index contributed by atoms with van der Waals surface area (Å²) in [7, 11) is 0. The van der Waals surface area contributed by atoms with E-state index in [1.165, 1.54) is 0 Å². The number of nitrogens with one attached hydrogen (secondary N) is 3. The van der Waals surface area contributed by atoms with Gasteiger partial charge in [0.05, 0.1) is 24.0 Å². The SMILES string of the molecule is CCCCNc1nc(C=N)nc2cc(C(=O)NCc3ccccn3)ccc12. The number of anilines is 1. The van der Waals surface area contributed by atoms with Gasteiger partial charge in [0, 0.05) is 23.7 Å². The van der Waals surface area contributed by atoms with E-state index in [0.29, 0.717) is 29.3 Å². The largest absolute Gasteiger partial charge is 0.369 e. The van der Waals surface area contributed by atoms with Crippen LogP contribution in [-0.2, 0) is 6.54 Å². The Labute approximate surface area is 157 Å². The molecule has 1 aromatic carbocycles. The zero-order valence-corrected chi connectivity index (χ0v) is 15.2. The van der Waals surface area contributed by atoms with Crippen molar-refractivity contribution >= 4 is 28.8 Å². The minimum absolute atomic E-state index is 0.196. The maximum Gasteiger partial charge on any atom is 0.251 e. The van der Waals surface area contributed by atoms with Crippen LogP contribution in [-0.4, -0.2) is 33.6 Å². The molecule has 1 amide bonds. The third-order valence-corrected chi connectivity index (χ3v) is 4.08. The molecule has 0 radical (unpaired) electrons. The third kappa shape index (κ3) is 4.63. The fourth-order valence-corrected chi connectivity index (χ4v) is 2.65. The molecule has 2 aromatic heterocycles. The van der Waals surface area contributed by atoms with Crippen molar-refractivity contribution in [2.75, 3.05) is 11.9 Å². The fraction of sp³-hybridized carbons (Fsp3) is 0.250. The number of aromatic nitrogens is 3. The van der Waals surface area contributed by atoms with Crippen LogP contribution >= 0.6 is 0 Å². The zero-order chi connectivity index (χ0) is 19.1. The average Bonchev–Trinajstić information content (AvgIpc) is 2.72. The van der Waals surface area contributed by atoms with Gasteiger partial charge < -0.3 is 16.0 Å². The Morgan fingerprint density at radius 2 is 2.11 bits per heavy atom. The lowest BCUT2D eigenvalue weighted by molar-refractivity contribution is 0.0950. The topological polar surface area (TPSA) is 104 Å². The lowest BCUT2D eigenvalue weighted by Crippen LogP contribution is -2.23. The predicted molar refractivity (Wildman–Crippen MR) is 106 cm³/mol. The Morgan fingerprint density at radius 1 is 1.22 bits per heavy atom. The Kier molecular flexibility index (Phi) is 6.04. The van der Waals surface area contributed by atoms with E-state index in [2.05, 4.69) is 32.5 Å². The van der Waals surface area contributed by atoms with E-state index >= 15 is 0 Å². The van der Waals surface area contributed by atoms with Crippen molar-refractivity contribution in [3.8, 4) is 0 Å². The molecule has 0 aliphatic heterocycles. The highest BCUT2D eigenvalue weighted by Crippen LogP contribution is 2.21. The molecule has 0 bridgehead atoms. The molecule has 0 atom stereocenters. The van der Waals surface area contributed by atoms with Gasteiger partial charge in [-0.15, -0.1) is 0 Å². The van der Waals surface area contributed by atoms with Gasteiger partial charge in [0.15, 0.2) is 5.82 Å². The van der Waals surface area contributed by atoms with E-state index in [1.807, 2.05) is 24.3 Å². The Hall–Kier alpha value is -3.35. The van der Waals surface area contributed by atoms with Crippen molar-refractivity contribution in [2.45, 2.75) is 26.3 Å². The summed E-state index contributed by atoms with van der Waals surface area (Å²) in [6, 6.07) is 10.9. The maximum absolute atomic E-state index is 12.5. The first-order chi connectivity index (χ1) is 13.2. The van der Waals surface area contributed by atoms with Crippen LogP contribution < -0.4 is 10.6 Å². The van der Waals surface area contributed by atoms with Gasteiger partial charge in [-0.05, 0) is 36.8 Å². The van der Waals surface area contributed by atoms with E-state index in [4.69, 9.17) is 5.41 Å². The van der Waals surface area contributed by atoms with Gasteiger partial charge in [-0.25, -0.2) is 9.97 Å². The summed E-state index contributed by atoms with van der Waals surface area (Å²) in [5.74, 6) is 0.804. The quantitative estimate of drug-likeness (QED) is 0.422. The highest BCUT2D eigenvalue weighted by atomic mass is 16.1. The van der Waals surface area contributed by atoms with Gasteiger partial charge in [-0.3, -0.25) is 9.78 Å². The predicted octanol–water partition coefficient (Wildman–Crippen LogP) is 3.16. The molecule has 3 N–H and O–H groups in total. The monoisotopic (exact) mass is 362 g/mol. The van der Waals surface area contributed by atoms with Crippen LogP contribution in [0, 0.1) is 5.41 Å². The molecule has 0 aliphatic carbocycles. The first-order valence-corrected chi connectivity index (χ1v) is 8.95. The van der Waals surface area contributed by atoms with Gasteiger partial charge in [0.25, 0.3) is 5.91 Å². The molecule has 0 saturated heterocycles. The molecule has 27 heavy (non-hydrogen) atoms. The molecular weight excluding hydrogens is 340 g/mol. The van der Waals surface area contributed by atoms with Crippen molar-refractivity contribution in [2.24, 2.45) is 0 Å². The summed E-state index contributed by atoms with van der Waals surface area (Å²) in [4.78, 5) is 25.4. The molecule has 0 spiro atoms. The molecule has 0 unspecified atom stereocenters. The van der Waals surface area contributed by atoms with E-state index in [0.717, 1.165) is 36.7 Å². The number of carbonyl (C=O) groups excluding carboxylic acids is 1. The van der Waals surface area contributed by atoms with Gasteiger partial charge in [-0.1, -0.05) is 19.4 Å². The number of fused-ring (bicyclic) bond motifs is 1. The van der Waals surface area contributed by atoms with Crippen molar-refractivity contribution in [3.05, 3.63) is 59.7 Å². The van der Waals surface area contributed by atoms with E-state index in [-0.39, 0.29) is 5.91 Å². The summed E-state index contributed by atoms with van der Waals surface area (Å²) in [5, 5.41) is 14.5. The van der Waals surface area contributed by atoms with Crippen LogP contribution in [0.2, 0.25) is 0 Å². The van der Waals surface area contributed by atoms with Crippen molar-refractivity contribution in [1.82, 2.24) is 20.3 Å². The maximum atomic E-state index is 12.5. The second-order valence-electron chi connectivity index (χ2n) is 6.09. The molecule has 3 rings (SSSR count). The number of unbranched alkanes of at least 4 members (excludes halogenated alkanes) is 1. The number of amides is 1. The minimum Gasteiger partial charge on any atom is -0.369 e. The third-order valence-electron chi connectivity index (χ3n) is 4.08. The van der Waals surface area contributed by atoms with Gasteiger partial charge in [0.1, 0.15) is 5.82 Å². The zero-order valence-electron chi connectivity index (χ0n) is 15.2. The molecule has 0 aliphatic rings. The van der Waals surface area contributed by atoms with Crippen LogP contribution in [0.5, 0.6) is 0 Å². The van der Waals surface area contributed by atoms with Crippen molar-refractivity contribution in [1.29, 1.82) is 5.41 Å². The molecule has 7 heteroatoms. The molecule has 138 valence electrons. The van der Waals surface area contributed by atoms with Crippen LogP contribution in [0.3, 0.4) is 0 Å². The molecule has 2 heterocycles. The lowest BCUT2D eigenvalue weighted by atomic mass is 10.1. The van der Waals surface area contributed by atoms with Crippen LogP contribution in [0.1, 0.15) is 41.6 Å². The summed E-state index contributed by atoms with van der Waals surface area (Å²) in [6.07, 6.45) is 4.91. The first kappa shape index (κ1) is 18.4. The highest BCUT2D eigenvalue weighted by Gasteiger charge is 2.11. The van der Waals surface area contributed by atoms with Gasteiger partial charge in [0.2, 0.25) is 0 Å². The standard InChI is InChI=1S/C20H22N6O/c1-2-3-9-23-19-16-8-7-14(11-17(16)25-18(12-21)26-19)20(27)24-13-15-6-4-5-10-22-15/h4-8,10-12,21H,2-3,9,13H2,1H3,(H,24,27)(H,23,25,26). The van der Waals surface area contributed by atoms with E-state index in [9.17, 15) is 4.79 Å². The van der Waals surface area contributed by atoms with Crippen LogP contribution in [0.15, 0.2) is 42.6 Å². The molecule has 0 fully saturated rings. The molecule has 7 nitrogen and oxygen atoms in total. The fourth-order valence-electron chi connectivity index (χ4n) is 2.65. The first-order valence-electron chi connectivity index (χ1n) is 8.95. The minimum atomic E-state index is -0.196. The lowest BCUT2D eigenvalue weighted by Gasteiger charge is -2.10. The Morgan fingerprint density at radius 3 is 2.85 bits per heavy atom. The summed E-state index contributed by atoms with van der Waals surface area (Å²) >= 11 is 0. The Bertz CT molecular complexity index is 942. The average molecular weight is 362 g/mol. The second-order valence-corrected chi connectivity index (χ2v) is 6.09. The summed E-state index contributed by atoms with van der Waals surface area (Å²) in [5.41, 5.74) is 1.93. The number of benzene rings is 1. The van der Waals surface area contributed by atoms with Gasteiger partial charge >= 0.3 is 0 Å². The van der Waals surface area contributed by atoms with E-state index < -0.39 is 0 Å². The number of hydrogen-bond donors (Lipinski definition) is 3. The highest BCUT2D eigenvalue weighted by molar-refractivity contribution is 6.00. The number of hydrogen-bond acceptors (Lipinski definition) is 6. The molecular formula is C20H22N6O. The normalized spacial score (nSPS) is 10.6. The number of nitrogens with zero attached hydrogens (tertiary/aromatic N) is 3. The van der Waals surface area contributed by atoms with Crippen LogP contribution in [0.4, 0.5) is 5.82 Å².